The lowest BCUT2D eigenvalue weighted by Crippen LogP contribution is -2.54. The molecule has 3 aromatic carbocycles. The summed E-state index contributed by atoms with van der Waals surface area (Å²) in [6, 6.07) is 0. The molecule has 13 heteroatoms. The summed E-state index contributed by atoms with van der Waals surface area (Å²) in [5.41, 5.74) is 1.33. The Morgan fingerprint density at radius 1 is 0.486 bits per heavy atom. The van der Waals surface area contributed by atoms with Crippen LogP contribution in [-0.2, 0) is 9.31 Å². The maximum Gasteiger partial charge on any atom is 0.495 e. The van der Waals surface area contributed by atoms with Crippen molar-refractivity contribution in [3.8, 4) is 0 Å². The van der Waals surface area contributed by atoms with E-state index in [4.69, 9.17) is 79.9 Å². The lowest BCUT2D eigenvalue weighted by Gasteiger charge is -2.32. The maximum absolute atomic E-state index is 6.57. The number of hydrogen-bond donors (Lipinski definition) is 0. The molecule has 2 nitrogen and oxygen atoms in total. The van der Waals surface area contributed by atoms with Crippen LogP contribution in [0.5, 0.6) is 0 Å². The standard InChI is InChI=1S/C22H12B10O2S/c1-21(2)22(3,4)34-32(33-21)18-17(31)16(30)13(27)8-7-11(25)9(23)5-6(19(7)35-20(8)18)12(26)15(29)14(28)10(5)24/h1-4H3. The van der Waals surface area contributed by atoms with Gasteiger partial charge in [0.15, 0.2) is 0 Å². The highest BCUT2D eigenvalue weighted by atomic mass is 32.1. The van der Waals surface area contributed by atoms with Crippen LogP contribution < -0.4 is 54.6 Å². The van der Waals surface area contributed by atoms with Gasteiger partial charge in [0.25, 0.3) is 0 Å². The van der Waals surface area contributed by atoms with Gasteiger partial charge in [-0.25, -0.2) is 0 Å². The fourth-order valence-electron chi connectivity index (χ4n) is 4.67. The average Bonchev–Trinajstić information content (AvgIpc) is 3.25. The van der Waals surface area contributed by atoms with Crippen molar-refractivity contribution in [1.29, 1.82) is 0 Å². The molecule has 148 valence electrons. The molecule has 0 amide bonds. The zero-order chi connectivity index (χ0) is 25.9. The highest BCUT2D eigenvalue weighted by Crippen LogP contribution is 2.39. The zero-order valence-electron chi connectivity index (χ0n) is 20.0. The molecule has 1 aromatic heterocycles. The molecular formula is C22H12B10O2S. The molecule has 0 bridgehead atoms. The molecular weight excluding hydrogens is 436 g/mol. The van der Waals surface area contributed by atoms with E-state index in [9.17, 15) is 0 Å². The number of hydrogen-bond acceptors (Lipinski definition) is 3. The second-order valence-corrected chi connectivity index (χ2v) is 11.0. The van der Waals surface area contributed by atoms with Gasteiger partial charge in [0.05, 0.1) is 11.2 Å². The van der Waals surface area contributed by atoms with E-state index in [1.54, 1.807) is 0 Å². The van der Waals surface area contributed by atoms with Gasteiger partial charge in [-0.15, -0.1) is 33.2 Å². The monoisotopic (exact) mass is 450 g/mol. The second-order valence-electron chi connectivity index (χ2n) is 9.99. The summed E-state index contributed by atoms with van der Waals surface area (Å²) in [4.78, 5) is 0. The summed E-state index contributed by atoms with van der Waals surface area (Å²) in [6.45, 7) is 7.81. The van der Waals surface area contributed by atoms with Gasteiger partial charge in [-0.3, -0.25) is 0 Å². The quantitative estimate of drug-likeness (QED) is 0.271. The Kier molecular flexibility index (Phi) is 5.69. The van der Waals surface area contributed by atoms with E-state index in [2.05, 4.69) is 0 Å². The van der Waals surface area contributed by atoms with Crippen molar-refractivity contribution < 1.29 is 9.31 Å². The summed E-state index contributed by atoms with van der Waals surface area (Å²) in [7, 11) is 56.7. The van der Waals surface area contributed by atoms with Crippen LogP contribution >= 0.6 is 11.3 Å². The van der Waals surface area contributed by atoms with Gasteiger partial charge in [0.1, 0.15) is 70.6 Å². The largest absolute Gasteiger partial charge is 0.495 e. The van der Waals surface area contributed by atoms with Crippen LogP contribution in [0.3, 0.4) is 0 Å². The first kappa shape index (κ1) is 25.4. The first-order chi connectivity index (χ1) is 16.1. The van der Waals surface area contributed by atoms with Crippen LogP contribution in [0.4, 0.5) is 0 Å². The lowest BCUT2D eigenvalue weighted by atomic mass is 9.60. The fourth-order valence-corrected chi connectivity index (χ4v) is 6.13. The molecule has 18 radical (unpaired) electrons. The molecule has 0 aliphatic carbocycles. The summed E-state index contributed by atoms with van der Waals surface area (Å²) in [5, 5.41) is 2.13. The molecule has 1 aliphatic rings. The van der Waals surface area contributed by atoms with E-state index in [-0.39, 0.29) is 49.2 Å². The lowest BCUT2D eigenvalue weighted by molar-refractivity contribution is 0.00578. The van der Waals surface area contributed by atoms with Crippen molar-refractivity contribution in [3.63, 3.8) is 0 Å². The van der Waals surface area contributed by atoms with Gasteiger partial charge in [-0.2, -0.15) is 0 Å². The van der Waals surface area contributed by atoms with E-state index >= 15 is 0 Å². The van der Waals surface area contributed by atoms with Crippen LogP contribution in [0.2, 0.25) is 0 Å². The first-order valence-corrected chi connectivity index (χ1v) is 11.7. The second kappa shape index (κ2) is 7.85. The Balaban J connectivity index is 2.02. The predicted molar refractivity (Wildman–Crippen MR) is 161 cm³/mol. The first-order valence-electron chi connectivity index (χ1n) is 10.9. The highest BCUT2D eigenvalue weighted by Gasteiger charge is 2.52. The van der Waals surface area contributed by atoms with Crippen LogP contribution in [0.1, 0.15) is 27.7 Å². The predicted octanol–water partition coefficient (Wildman–Crippen LogP) is -5.35. The molecule has 0 N–H and O–H groups in total. The van der Waals surface area contributed by atoms with Crippen molar-refractivity contribution in [3.05, 3.63) is 0 Å². The van der Waals surface area contributed by atoms with E-state index in [0.29, 0.717) is 36.4 Å². The maximum atomic E-state index is 6.57. The van der Waals surface area contributed by atoms with Crippen molar-refractivity contribution in [2.45, 2.75) is 38.9 Å². The average molecular weight is 449 g/mol. The van der Waals surface area contributed by atoms with Gasteiger partial charge < -0.3 is 9.31 Å². The van der Waals surface area contributed by atoms with Gasteiger partial charge in [0.2, 0.25) is 0 Å². The minimum absolute atomic E-state index is 0.146. The van der Waals surface area contributed by atoms with Gasteiger partial charge in [-0.1, -0.05) is 27.3 Å². The molecule has 4 aromatic rings. The molecule has 0 saturated carbocycles. The Labute approximate surface area is 222 Å². The van der Waals surface area contributed by atoms with Crippen molar-refractivity contribution in [2.24, 2.45) is 0 Å². The van der Waals surface area contributed by atoms with Crippen LogP contribution in [0.25, 0.3) is 30.9 Å². The summed E-state index contributed by atoms with van der Waals surface area (Å²) in [5.74, 6) is 0. The van der Waals surface area contributed by atoms with E-state index in [0.717, 1.165) is 0 Å². The molecule has 0 unspecified atom stereocenters. The summed E-state index contributed by atoms with van der Waals surface area (Å²) in [6.07, 6.45) is 0. The molecule has 5 rings (SSSR count). The molecule has 1 saturated heterocycles. The third-order valence-electron chi connectivity index (χ3n) is 7.50. The van der Waals surface area contributed by atoms with Crippen LogP contribution in [0.15, 0.2) is 0 Å². The van der Waals surface area contributed by atoms with Gasteiger partial charge in [0, 0.05) is 9.40 Å². The van der Waals surface area contributed by atoms with Gasteiger partial charge in [-0.05, 0) is 54.7 Å². The third kappa shape index (κ3) is 3.23. The SMILES string of the molecule is [B]c1c([B])c([B])c2c(sc3c4c([B])c([B])c([B])c([B])c4c([B])c([B])c32)c1B1OC(C)(C)C(C)(C)O1. The molecule has 35 heavy (non-hydrogen) atoms. The van der Waals surface area contributed by atoms with Crippen LogP contribution in [0, 0.1) is 0 Å². The Bertz CT molecular complexity index is 1590. The fraction of sp³-hybridized carbons (Fsp3) is 0.273. The van der Waals surface area contributed by atoms with E-state index < -0.39 is 18.3 Å². The third-order valence-corrected chi connectivity index (χ3v) is 8.74. The number of rotatable bonds is 1. The van der Waals surface area contributed by atoms with E-state index in [1.165, 1.54) is 11.3 Å². The molecule has 1 aliphatic heterocycles. The Morgan fingerprint density at radius 3 is 1.34 bits per heavy atom. The van der Waals surface area contributed by atoms with Crippen molar-refractivity contribution in [1.82, 2.24) is 0 Å². The van der Waals surface area contributed by atoms with Crippen LogP contribution in [-0.4, -0.2) is 88.9 Å². The Hall–Kier alpha value is -1.29. The van der Waals surface area contributed by atoms with Crippen molar-refractivity contribution in [2.75, 3.05) is 0 Å². The van der Waals surface area contributed by atoms with Gasteiger partial charge >= 0.3 is 7.12 Å². The minimum Gasteiger partial charge on any atom is -0.399 e. The van der Waals surface area contributed by atoms with E-state index in [1.807, 2.05) is 27.7 Å². The molecule has 2 heterocycles. The topological polar surface area (TPSA) is 18.5 Å². The highest BCUT2D eigenvalue weighted by molar-refractivity contribution is 7.29. The minimum atomic E-state index is -0.800. The molecule has 0 atom stereocenters. The molecule has 0 spiro atoms. The number of benzene rings is 3. The van der Waals surface area contributed by atoms with Crippen molar-refractivity contribution >= 4 is 175 Å². The Morgan fingerprint density at radius 2 is 0.829 bits per heavy atom. The number of fused-ring (bicyclic) bond motifs is 5. The number of thiophene rings is 1. The zero-order valence-corrected chi connectivity index (χ0v) is 20.8. The normalized spacial score (nSPS) is 17.2. The summed E-state index contributed by atoms with van der Waals surface area (Å²) < 4.78 is 14.0. The smallest absolute Gasteiger partial charge is 0.399 e. The summed E-state index contributed by atoms with van der Waals surface area (Å²) >= 11 is 1.36. The molecule has 1 fully saturated rings.